The van der Waals surface area contributed by atoms with Crippen molar-refractivity contribution >= 4 is 15.9 Å². The highest BCUT2D eigenvalue weighted by atomic mass is 32.2. The van der Waals surface area contributed by atoms with Gasteiger partial charge in [-0.05, 0) is 6.42 Å². The standard InChI is InChI=1S/C10H14N2O4S/c1-4-7-5-9(13)8(6-12(7)2)10(14)11-17(3,15)16/h5-6H,4H2,1-3H3,(H,11,14). The van der Waals surface area contributed by atoms with Gasteiger partial charge in [-0.15, -0.1) is 0 Å². The summed E-state index contributed by atoms with van der Waals surface area (Å²) >= 11 is 0. The first-order valence-electron chi connectivity index (χ1n) is 4.96. The summed E-state index contributed by atoms with van der Waals surface area (Å²) in [6.45, 7) is 1.88. The maximum Gasteiger partial charge on any atom is 0.270 e. The van der Waals surface area contributed by atoms with Crippen molar-refractivity contribution in [3.8, 4) is 0 Å². The molecular formula is C10H14N2O4S. The van der Waals surface area contributed by atoms with Crippen molar-refractivity contribution in [1.82, 2.24) is 9.29 Å². The van der Waals surface area contributed by atoms with E-state index in [2.05, 4.69) is 0 Å². The molecule has 0 saturated heterocycles. The molecule has 1 heterocycles. The highest BCUT2D eigenvalue weighted by Crippen LogP contribution is 1.99. The summed E-state index contributed by atoms with van der Waals surface area (Å²) in [6, 6.07) is 1.33. The van der Waals surface area contributed by atoms with Gasteiger partial charge in [0.05, 0.1) is 6.26 Å². The molecule has 0 aliphatic carbocycles. The molecule has 0 bridgehead atoms. The highest BCUT2D eigenvalue weighted by Gasteiger charge is 2.15. The zero-order chi connectivity index (χ0) is 13.2. The van der Waals surface area contributed by atoms with Crippen LogP contribution in [0.5, 0.6) is 0 Å². The second kappa shape index (κ2) is 4.70. The second-order valence-corrected chi connectivity index (χ2v) is 5.46. The minimum atomic E-state index is -3.66. The average molecular weight is 258 g/mol. The number of hydrogen-bond acceptors (Lipinski definition) is 4. The van der Waals surface area contributed by atoms with Crippen molar-refractivity contribution < 1.29 is 13.2 Å². The third kappa shape index (κ3) is 3.42. The van der Waals surface area contributed by atoms with Crippen molar-refractivity contribution in [2.45, 2.75) is 13.3 Å². The molecular weight excluding hydrogens is 244 g/mol. The number of sulfonamides is 1. The van der Waals surface area contributed by atoms with Gasteiger partial charge in [-0.1, -0.05) is 6.92 Å². The largest absolute Gasteiger partial charge is 0.353 e. The van der Waals surface area contributed by atoms with Gasteiger partial charge in [-0.2, -0.15) is 0 Å². The predicted octanol–water partition coefficient (Wildman–Crippen LogP) is -0.363. The van der Waals surface area contributed by atoms with Gasteiger partial charge < -0.3 is 4.57 Å². The molecule has 1 amide bonds. The van der Waals surface area contributed by atoms with Gasteiger partial charge in [0.25, 0.3) is 5.91 Å². The molecule has 17 heavy (non-hydrogen) atoms. The van der Waals surface area contributed by atoms with Crippen LogP contribution in [0.3, 0.4) is 0 Å². The summed E-state index contributed by atoms with van der Waals surface area (Å²) in [7, 11) is -1.97. The van der Waals surface area contributed by atoms with Crippen molar-refractivity contribution in [3.05, 3.63) is 33.7 Å². The van der Waals surface area contributed by atoms with E-state index in [1.165, 1.54) is 12.3 Å². The molecule has 7 heteroatoms. The molecule has 6 nitrogen and oxygen atoms in total. The van der Waals surface area contributed by atoms with E-state index >= 15 is 0 Å². The van der Waals surface area contributed by atoms with E-state index in [0.29, 0.717) is 6.42 Å². The number of aryl methyl sites for hydroxylation is 2. The Morgan fingerprint density at radius 2 is 2.06 bits per heavy atom. The van der Waals surface area contributed by atoms with Crippen LogP contribution in [-0.2, 0) is 23.5 Å². The third-order valence-electron chi connectivity index (χ3n) is 2.22. The van der Waals surface area contributed by atoms with Crippen LogP contribution in [0.1, 0.15) is 23.0 Å². The predicted molar refractivity (Wildman–Crippen MR) is 63.4 cm³/mol. The molecule has 1 aromatic heterocycles. The van der Waals surface area contributed by atoms with E-state index in [1.807, 2.05) is 6.92 Å². The molecule has 0 unspecified atom stereocenters. The maximum absolute atomic E-state index is 11.6. The van der Waals surface area contributed by atoms with E-state index < -0.39 is 21.4 Å². The van der Waals surface area contributed by atoms with E-state index in [4.69, 9.17) is 0 Å². The molecule has 0 aromatic carbocycles. The van der Waals surface area contributed by atoms with Crippen LogP contribution in [0.25, 0.3) is 0 Å². The van der Waals surface area contributed by atoms with Gasteiger partial charge in [-0.3, -0.25) is 9.59 Å². The Morgan fingerprint density at radius 3 is 2.53 bits per heavy atom. The number of aromatic nitrogens is 1. The Kier molecular flexibility index (Phi) is 3.72. The Bertz CT molecular complexity index is 601. The lowest BCUT2D eigenvalue weighted by Crippen LogP contribution is -2.33. The zero-order valence-corrected chi connectivity index (χ0v) is 10.7. The van der Waals surface area contributed by atoms with E-state index in [1.54, 1.807) is 16.3 Å². The summed E-state index contributed by atoms with van der Waals surface area (Å²) in [4.78, 5) is 23.1. The minimum Gasteiger partial charge on any atom is -0.353 e. The lowest BCUT2D eigenvalue weighted by Gasteiger charge is -2.08. The third-order valence-corrected chi connectivity index (χ3v) is 2.78. The Labute approximate surface area is 99.3 Å². The average Bonchev–Trinajstić information content (AvgIpc) is 2.18. The van der Waals surface area contributed by atoms with Gasteiger partial charge in [0.2, 0.25) is 10.0 Å². The normalized spacial score (nSPS) is 11.2. The van der Waals surface area contributed by atoms with Crippen molar-refractivity contribution in [2.24, 2.45) is 7.05 Å². The quantitative estimate of drug-likeness (QED) is 0.802. The fraction of sp³-hybridized carbons (Fsp3) is 0.400. The van der Waals surface area contributed by atoms with Crippen LogP contribution in [0, 0.1) is 0 Å². The number of amides is 1. The number of pyridine rings is 1. The van der Waals surface area contributed by atoms with Gasteiger partial charge >= 0.3 is 0 Å². The van der Waals surface area contributed by atoms with Gasteiger partial charge in [-0.25, -0.2) is 13.1 Å². The summed E-state index contributed by atoms with van der Waals surface area (Å²) < 4.78 is 25.2. The molecule has 0 aliphatic rings. The number of rotatable bonds is 3. The van der Waals surface area contributed by atoms with Crippen LogP contribution >= 0.6 is 0 Å². The van der Waals surface area contributed by atoms with Crippen LogP contribution in [0.2, 0.25) is 0 Å². The first kappa shape index (κ1) is 13.4. The fourth-order valence-corrected chi connectivity index (χ4v) is 1.86. The molecule has 1 rings (SSSR count). The summed E-state index contributed by atoms with van der Waals surface area (Å²) in [5.41, 5.74) is 0.0992. The minimum absolute atomic E-state index is 0.185. The first-order valence-corrected chi connectivity index (χ1v) is 6.85. The number of carbonyl (C=O) groups excluding carboxylic acids is 1. The summed E-state index contributed by atoms with van der Waals surface area (Å²) in [5.74, 6) is -0.907. The lowest BCUT2D eigenvalue weighted by atomic mass is 10.2. The number of nitrogens with one attached hydrogen (secondary N) is 1. The first-order chi connectivity index (χ1) is 7.74. The molecule has 0 fully saturated rings. The van der Waals surface area contributed by atoms with Crippen LogP contribution < -0.4 is 10.2 Å². The zero-order valence-electron chi connectivity index (χ0n) is 9.85. The SMILES string of the molecule is CCc1cc(=O)c(C(=O)NS(C)(=O)=O)cn1C. The Balaban J connectivity index is 3.21. The maximum atomic E-state index is 11.6. The summed E-state index contributed by atoms with van der Waals surface area (Å²) in [6.07, 6.45) is 2.84. The smallest absolute Gasteiger partial charge is 0.270 e. The monoisotopic (exact) mass is 258 g/mol. The second-order valence-electron chi connectivity index (χ2n) is 3.71. The van der Waals surface area contributed by atoms with E-state index in [9.17, 15) is 18.0 Å². The van der Waals surface area contributed by atoms with Crippen molar-refractivity contribution in [3.63, 3.8) is 0 Å². The van der Waals surface area contributed by atoms with E-state index in [-0.39, 0.29) is 5.56 Å². The van der Waals surface area contributed by atoms with Gasteiger partial charge in [0.1, 0.15) is 5.56 Å². The topological polar surface area (TPSA) is 85.2 Å². The van der Waals surface area contributed by atoms with Crippen LogP contribution in [0.4, 0.5) is 0 Å². The number of hydrogen-bond donors (Lipinski definition) is 1. The van der Waals surface area contributed by atoms with Crippen molar-refractivity contribution in [2.75, 3.05) is 6.26 Å². The molecule has 1 N–H and O–H groups in total. The fourth-order valence-electron chi connectivity index (χ4n) is 1.42. The number of carbonyl (C=O) groups is 1. The molecule has 0 aliphatic heterocycles. The highest BCUT2D eigenvalue weighted by molar-refractivity contribution is 7.89. The van der Waals surface area contributed by atoms with Crippen LogP contribution in [0.15, 0.2) is 17.1 Å². The summed E-state index contributed by atoms with van der Waals surface area (Å²) in [5, 5.41) is 0. The Hall–Kier alpha value is -1.63. The lowest BCUT2D eigenvalue weighted by molar-refractivity contribution is 0.0980. The Morgan fingerprint density at radius 1 is 1.47 bits per heavy atom. The van der Waals surface area contributed by atoms with E-state index in [0.717, 1.165) is 11.9 Å². The molecule has 0 atom stereocenters. The molecule has 0 saturated carbocycles. The van der Waals surface area contributed by atoms with Crippen LogP contribution in [-0.4, -0.2) is 25.1 Å². The molecule has 94 valence electrons. The molecule has 1 aromatic rings. The number of nitrogens with zero attached hydrogens (tertiary/aromatic N) is 1. The molecule has 0 spiro atoms. The van der Waals surface area contributed by atoms with Crippen molar-refractivity contribution in [1.29, 1.82) is 0 Å². The van der Waals surface area contributed by atoms with Gasteiger partial charge in [0.15, 0.2) is 5.43 Å². The molecule has 0 radical (unpaired) electrons. The van der Waals surface area contributed by atoms with Gasteiger partial charge in [0, 0.05) is 25.0 Å².